The van der Waals surface area contributed by atoms with Crippen molar-refractivity contribution in [2.24, 2.45) is 12.0 Å². The molecule has 168 valence electrons. The van der Waals surface area contributed by atoms with Crippen LogP contribution in [-0.2, 0) is 21.4 Å². The Morgan fingerprint density at radius 2 is 2.09 bits per heavy atom. The Morgan fingerprint density at radius 3 is 2.72 bits per heavy atom. The second-order valence-electron chi connectivity index (χ2n) is 6.82. The van der Waals surface area contributed by atoms with Gasteiger partial charge in [-0.3, -0.25) is 29.3 Å². The molecule has 12 heteroatoms. The number of thioether (sulfide) groups is 1. The van der Waals surface area contributed by atoms with E-state index in [1.54, 1.807) is 37.3 Å². The number of anilines is 1. The summed E-state index contributed by atoms with van der Waals surface area (Å²) >= 11 is 1.14. The number of aliphatic imine (C=N–C) groups is 1. The molecule has 0 spiro atoms. The van der Waals surface area contributed by atoms with Crippen LogP contribution in [-0.4, -0.2) is 62.6 Å². The van der Waals surface area contributed by atoms with Gasteiger partial charge in [-0.1, -0.05) is 11.8 Å². The van der Waals surface area contributed by atoms with E-state index in [0.717, 1.165) is 17.3 Å². The van der Waals surface area contributed by atoms with Gasteiger partial charge in [-0.2, -0.15) is 5.10 Å². The van der Waals surface area contributed by atoms with Gasteiger partial charge in [-0.05, 0) is 24.6 Å². The van der Waals surface area contributed by atoms with Crippen LogP contribution in [0, 0.1) is 10.1 Å². The first-order chi connectivity index (χ1) is 15.4. The van der Waals surface area contributed by atoms with E-state index < -0.39 is 4.92 Å². The van der Waals surface area contributed by atoms with Crippen molar-refractivity contribution < 1.29 is 19.2 Å². The summed E-state index contributed by atoms with van der Waals surface area (Å²) in [7, 11) is 3.37. The molecule has 1 aromatic carbocycles. The van der Waals surface area contributed by atoms with Crippen LogP contribution in [0.2, 0.25) is 0 Å². The number of hydrogen-bond donors (Lipinski definition) is 1. The number of non-ortho nitro benzene ring substituents is 1. The van der Waals surface area contributed by atoms with Gasteiger partial charge >= 0.3 is 0 Å². The highest BCUT2D eigenvalue weighted by molar-refractivity contribution is 8.14. The maximum Gasteiger partial charge on any atom is 0.278 e. The van der Waals surface area contributed by atoms with E-state index in [9.17, 15) is 19.7 Å². The maximum atomic E-state index is 12.9. The largest absolute Gasteiger partial charge is 0.385 e. The highest BCUT2D eigenvalue weighted by Gasteiger charge is 2.30. The molecule has 2 amide bonds. The molecule has 0 fully saturated rings. The van der Waals surface area contributed by atoms with Crippen molar-refractivity contribution in [3.8, 4) is 0 Å². The SMILES string of the molecule is COCCCN1C(=O)C(=Cc2cnn(C)c2)N=C1SCC(=O)Nc1ccc([N+](=O)[O-])cc1. The van der Waals surface area contributed by atoms with Crippen LogP contribution in [0.25, 0.3) is 6.08 Å². The van der Waals surface area contributed by atoms with Crippen LogP contribution in [0.5, 0.6) is 0 Å². The molecule has 0 aliphatic carbocycles. The summed E-state index contributed by atoms with van der Waals surface area (Å²) in [6.07, 6.45) is 5.68. The number of aryl methyl sites for hydroxylation is 1. The molecule has 11 nitrogen and oxygen atoms in total. The molecule has 1 N–H and O–H groups in total. The summed E-state index contributed by atoms with van der Waals surface area (Å²) in [4.78, 5) is 41.4. The maximum absolute atomic E-state index is 12.9. The summed E-state index contributed by atoms with van der Waals surface area (Å²) < 4.78 is 6.70. The van der Waals surface area contributed by atoms with Crippen LogP contribution < -0.4 is 5.32 Å². The topological polar surface area (TPSA) is 132 Å². The third-order valence-electron chi connectivity index (χ3n) is 4.36. The van der Waals surface area contributed by atoms with Crippen molar-refractivity contribution in [1.29, 1.82) is 0 Å². The molecule has 0 atom stereocenters. The number of aromatic nitrogens is 2. The summed E-state index contributed by atoms with van der Waals surface area (Å²) in [5, 5.41) is 17.9. The van der Waals surface area contributed by atoms with Crippen molar-refractivity contribution in [3.05, 3.63) is 58.0 Å². The highest BCUT2D eigenvalue weighted by Crippen LogP contribution is 2.24. The van der Waals surface area contributed by atoms with Crippen molar-refractivity contribution in [2.45, 2.75) is 6.42 Å². The number of methoxy groups -OCH3 is 1. The molecule has 0 bridgehead atoms. The van der Waals surface area contributed by atoms with Gasteiger partial charge in [0.25, 0.3) is 11.6 Å². The normalized spacial score (nSPS) is 14.7. The fourth-order valence-corrected chi connectivity index (χ4v) is 3.70. The van der Waals surface area contributed by atoms with Gasteiger partial charge in [-0.15, -0.1) is 0 Å². The molecular formula is C20H22N6O5S. The molecule has 1 aliphatic heterocycles. The predicted octanol–water partition coefficient (Wildman–Crippen LogP) is 2.28. The first-order valence-corrected chi connectivity index (χ1v) is 10.6. The van der Waals surface area contributed by atoms with E-state index in [1.165, 1.54) is 29.2 Å². The van der Waals surface area contributed by atoms with Crippen LogP contribution in [0.1, 0.15) is 12.0 Å². The number of hydrogen-bond acceptors (Lipinski definition) is 8. The third-order valence-corrected chi connectivity index (χ3v) is 5.34. The van der Waals surface area contributed by atoms with Crippen LogP contribution in [0.15, 0.2) is 47.3 Å². The number of nitrogens with zero attached hydrogens (tertiary/aromatic N) is 5. The Labute approximate surface area is 188 Å². The minimum Gasteiger partial charge on any atom is -0.385 e. The number of amidine groups is 1. The van der Waals surface area contributed by atoms with Gasteiger partial charge < -0.3 is 10.1 Å². The van der Waals surface area contributed by atoms with Gasteiger partial charge in [0, 0.05) is 56.9 Å². The van der Waals surface area contributed by atoms with E-state index in [4.69, 9.17) is 4.74 Å². The second kappa shape index (κ2) is 10.7. The number of ether oxygens (including phenoxy) is 1. The monoisotopic (exact) mass is 458 g/mol. The summed E-state index contributed by atoms with van der Waals surface area (Å²) in [6.45, 7) is 0.900. The van der Waals surface area contributed by atoms with E-state index in [-0.39, 0.29) is 29.0 Å². The van der Waals surface area contributed by atoms with Crippen molar-refractivity contribution in [1.82, 2.24) is 14.7 Å². The summed E-state index contributed by atoms with van der Waals surface area (Å²) in [6, 6.07) is 5.55. The number of nitro groups is 1. The average molecular weight is 459 g/mol. The van der Waals surface area contributed by atoms with Gasteiger partial charge in [0.15, 0.2) is 5.17 Å². The van der Waals surface area contributed by atoms with Crippen molar-refractivity contribution >= 4 is 46.2 Å². The van der Waals surface area contributed by atoms with E-state index in [0.29, 0.717) is 30.4 Å². The van der Waals surface area contributed by atoms with E-state index in [1.807, 2.05) is 0 Å². The Kier molecular flexibility index (Phi) is 7.73. The molecule has 1 aliphatic rings. The van der Waals surface area contributed by atoms with E-state index in [2.05, 4.69) is 15.4 Å². The fraction of sp³-hybridized carbons (Fsp3) is 0.300. The van der Waals surface area contributed by atoms with Crippen molar-refractivity contribution in [3.63, 3.8) is 0 Å². The number of nitrogens with one attached hydrogen (secondary N) is 1. The second-order valence-corrected chi connectivity index (χ2v) is 7.76. The number of benzene rings is 1. The fourth-order valence-electron chi connectivity index (χ4n) is 2.87. The van der Waals surface area contributed by atoms with Gasteiger partial charge in [0.1, 0.15) is 5.70 Å². The minimum absolute atomic E-state index is 0.0179. The number of rotatable bonds is 9. The zero-order valence-electron chi connectivity index (χ0n) is 17.6. The predicted molar refractivity (Wildman–Crippen MR) is 121 cm³/mol. The Hall–Kier alpha value is -3.51. The lowest BCUT2D eigenvalue weighted by atomic mass is 10.2. The lowest BCUT2D eigenvalue weighted by molar-refractivity contribution is -0.384. The molecule has 0 radical (unpaired) electrons. The van der Waals surface area contributed by atoms with E-state index >= 15 is 0 Å². The Balaban J connectivity index is 1.67. The lowest BCUT2D eigenvalue weighted by Crippen LogP contribution is -2.32. The number of amides is 2. The molecule has 2 aromatic rings. The molecule has 0 saturated carbocycles. The minimum atomic E-state index is -0.508. The molecular weight excluding hydrogens is 436 g/mol. The van der Waals surface area contributed by atoms with Crippen LogP contribution >= 0.6 is 11.8 Å². The zero-order valence-corrected chi connectivity index (χ0v) is 18.4. The Morgan fingerprint density at radius 1 is 1.34 bits per heavy atom. The average Bonchev–Trinajstić information content (AvgIpc) is 3.30. The first kappa shape index (κ1) is 23.2. The van der Waals surface area contributed by atoms with Crippen molar-refractivity contribution in [2.75, 3.05) is 31.3 Å². The number of carbonyl (C=O) groups excluding carboxylic acids is 2. The van der Waals surface area contributed by atoms with Crippen LogP contribution in [0.3, 0.4) is 0 Å². The standard InChI is InChI=1S/C20H22N6O5S/c1-24-12-14(11-21-24)10-17-19(28)25(8-3-9-31-2)20(23-17)32-13-18(27)22-15-4-6-16(7-5-15)26(29)30/h4-7,10-12H,3,8-9,13H2,1-2H3,(H,22,27). The molecule has 0 unspecified atom stereocenters. The Bertz CT molecular complexity index is 1060. The molecule has 3 rings (SSSR count). The summed E-state index contributed by atoms with van der Waals surface area (Å²) in [5.41, 5.74) is 1.41. The number of nitro benzene ring substituents is 1. The quantitative estimate of drug-likeness (QED) is 0.264. The zero-order chi connectivity index (χ0) is 23.1. The van der Waals surface area contributed by atoms with Gasteiger partial charge in [-0.25, -0.2) is 4.99 Å². The smallest absolute Gasteiger partial charge is 0.278 e. The number of carbonyl (C=O) groups is 2. The van der Waals surface area contributed by atoms with Gasteiger partial charge in [0.2, 0.25) is 5.91 Å². The molecule has 0 saturated heterocycles. The molecule has 1 aromatic heterocycles. The highest BCUT2D eigenvalue weighted by atomic mass is 32.2. The molecule has 32 heavy (non-hydrogen) atoms. The van der Waals surface area contributed by atoms with Gasteiger partial charge in [0.05, 0.1) is 16.9 Å². The molecule has 2 heterocycles. The van der Waals surface area contributed by atoms with Crippen LogP contribution in [0.4, 0.5) is 11.4 Å². The first-order valence-electron chi connectivity index (χ1n) is 9.64. The lowest BCUT2D eigenvalue weighted by Gasteiger charge is -2.17. The third kappa shape index (κ3) is 6.02. The summed E-state index contributed by atoms with van der Waals surface area (Å²) in [5.74, 6) is -0.548.